The van der Waals surface area contributed by atoms with Crippen molar-refractivity contribution in [3.8, 4) is 0 Å². The Morgan fingerprint density at radius 3 is 2.94 bits per heavy atom. The molecule has 0 saturated heterocycles. The summed E-state index contributed by atoms with van der Waals surface area (Å²) in [6.07, 6.45) is 0.507. The van der Waals surface area contributed by atoms with Crippen molar-refractivity contribution in [1.82, 2.24) is 10.5 Å². The van der Waals surface area contributed by atoms with Crippen LogP contribution in [0.1, 0.15) is 29.6 Å². The second kappa shape index (κ2) is 6.48. The molecule has 0 spiro atoms. The third-order valence-electron chi connectivity index (χ3n) is 2.43. The molecule has 1 atom stereocenters. The highest BCUT2D eigenvalue weighted by molar-refractivity contribution is 5.85. The van der Waals surface area contributed by atoms with Gasteiger partial charge in [-0.15, -0.1) is 0 Å². The third kappa shape index (κ3) is 4.82. The fourth-order valence-electron chi connectivity index (χ4n) is 1.36. The van der Waals surface area contributed by atoms with Crippen molar-refractivity contribution in [2.24, 2.45) is 0 Å². The van der Waals surface area contributed by atoms with E-state index in [1.54, 1.807) is 14.0 Å². The Kier molecular flexibility index (Phi) is 5.26. The van der Waals surface area contributed by atoms with Gasteiger partial charge >= 0.3 is 5.97 Å². The van der Waals surface area contributed by atoms with Crippen molar-refractivity contribution in [3.05, 3.63) is 17.5 Å². The van der Waals surface area contributed by atoms with E-state index in [-0.39, 0.29) is 5.69 Å². The van der Waals surface area contributed by atoms with Crippen LogP contribution in [0.3, 0.4) is 0 Å². The molecule has 0 fully saturated rings. The number of carboxylic acids is 1. The molecule has 3 N–H and O–H groups in total. The lowest BCUT2D eigenvalue weighted by Crippen LogP contribution is -2.38. The minimum absolute atomic E-state index is 0.127. The first kappa shape index (κ1) is 14.6. The molecular weight excluding hydrogens is 240 g/mol. The van der Waals surface area contributed by atoms with Gasteiger partial charge in [-0.1, -0.05) is 5.16 Å². The van der Waals surface area contributed by atoms with E-state index in [2.05, 4.69) is 10.5 Å². The van der Waals surface area contributed by atoms with E-state index in [0.717, 1.165) is 0 Å². The Bertz CT molecular complexity index is 389. The van der Waals surface area contributed by atoms with Crippen molar-refractivity contribution >= 4 is 5.97 Å². The minimum atomic E-state index is -1.13. The quantitative estimate of drug-likeness (QED) is 0.613. The normalized spacial score (nSPS) is 14.4. The second-order valence-electron chi connectivity index (χ2n) is 4.33. The standard InChI is InChI=1S/C11H18N2O5/c1-11(16,3-4-17-2)7-12-6-8-5-9(10(14)15)13-18-8/h5,12,16H,3-4,6-7H2,1-2H3,(H,14,15). The van der Waals surface area contributed by atoms with Gasteiger partial charge in [0, 0.05) is 32.7 Å². The maximum Gasteiger partial charge on any atom is 0.358 e. The van der Waals surface area contributed by atoms with Crippen molar-refractivity contribution in [1.29, 1.82) is 0 Å². The van der Waals surface area contributed by atoms with Crippen molar-refractivity contribution in [2.75, 3.05) is 20.3 Å². The molecule has 0 bridgehead atoms. The summed E-state index contributed by atoms with van der Waals surface area (Å²) in [6.45, 7) is 2.82. The zero-order valence-electron chi connectivity index (χ0n) is 10.5. The molecule has 0 radical (unpaired) electrons. The lowest BCUT2D eigenvalue weighted by Gasteiger charge is -2.22. The van der Waals surface area contributed by atoms with Gasteiger partial charge in [0.1, 0.15) is 0 Å². The van der Waals surface area contributed by atoms with E-state index < -0.39 is 11.6 Å². The van der Waals surface area contributed by atoms with Crippen LogP contribution in [0.15, 0.2) is 10.6 Å². The van der Waals surface area contributed by atoms with Crippen LogP contribution in [0.5, 0.6) is 0 Å². The van der Waals surface area contributed by atoms with Gasteiger partial charge in [-0.05, 0) is 6.92 Å². The number of carboxylic acid groups (broad SMARTS) is 1. The number of ether oxygens (including phenoxy) is 1. The maximum atomic E-state index is 10.6. The number of hydrogen-bond acceptors (Lipinski definition) is 6. The second-order valence-corrected chi connectivity index (χ2v) is 4.33. The minimum Gasteiger partial charge on any atom is -0.476 e. The van der Waals surface area contributed by atoms with E-state index >= 15 is 0 Å². The van der Waals surface area contributed by atoms with Crippen LogP contribution < -0.4 is 5.32 Å². The summed E-state index contributed by atoms with van der Waals surface area (Å²) in [5.74, 6) is -0.716. The van der Waals surface area contributed by atoms with Gasteiger partial charge in [-0.3, -0.25) is 0 Å². The number of nitrogens with zero attached hydrogens (tertiary/aromatic N) is 1. The lowest BCUT2D eigenvalue weighted by molar-refractivity contribution is 0.0243. The Hall–Kier alpha value is -1.44. The van der Waals surface area contributed by atoms with Gasteiger partial charge < -0.3 is 24.8 Å². The Morgan fingerprint density at radius 2 is 2.39 bits per heavy atom. The predicted octanol–water partition coefficient (Wildman–Crippen LogP) is 0.250. The molecule has 0 amide bonds. The molecule has 1 aromatic rings. The van der Waals surface area contributed by atoms with E-state index in [9.17, 15) is 9.90 Å². The summed E-state index contributed by atoms with van der Waals surface area (Å²) in [5.41, 5.74) is -1.01. The molecule has 0 aliphatic rings. The number of hydrogen-bond donors (Lipinski definition) is 3. The summed E-state index contributed by atoms with van der Waals surface area (Å²) >= 11 is 0. The molecule has 1 unspecified atom stereocenters. The lowest BCUT2D eigenvalue weighted by atomic mass is 10.0. The summed E-state index contributed by atoms with van der Waals surface area (Å²) in [6, 6.07) is 1.35. The van der Waals surface area contributed by atoms with Crippen LogP contribution in [0.4, 0.5) is 0 Å². The van der Waals surface area contributed by atoms with Crippen LogP contribution in [-0.4, -0.2) is 47.2 Å². The highest BCUT2D eigenvalue weighted by atomic mass is 16.5. The average Bonchev–Trinajstić information content (AvgIpc) is 2.75. The predicted molar refractivity (Wildman–Crippen MR) is 62.3 cm³/mol. The molecule has 1 aromatic heterocycles. The fraction of sp³-hybridized carbons (Fsp3) is 0.636. The maximum absolute atomic E-state index is 10.6. The van der Waals surface area contributed by atoms with Crippen LogP contribution in [0, 0.1) is 0 Å². The summed E-state index contributed by atoms with van der Waals surface area (Å²) in [7, 11) is 1.57. The van der Waals surface area contributed by atoms with Crippen LogP contribution in [0.25, 0.3) is 0 Å². The van der Waals surface area contributed by atoms with Crippen LogP contribution in [-0.2, 0) is 11.3 Å². The van der Waals surface area contributed by atoms with Gasteiger partial charge in [-0.2, -0.15) is 0 Å². The average molecular weight is 258 g/mol. The molecule has 7 nitrogen and oxygen atoms in total. The molecule has 1 heterocycles. The molecule has 7 heteroatoms. The first-order chi connectivity index (χ1) is 8.44. The smallest absolute Gasteiger partial charge is 0.358 e. The summed E-state index contributed by atoms with van der Waals surface area (Å²) in [5, 5.41) is 24.9. The Balaban J connectivity index is 2.34. The third-order valence-corrected chi connectivity index (χ3v) is 2.43. The number of aromatic carboxylic acids is 1. The van der Waals surface area contributed by atoms with Gasteiger partial charge in [0.05, 0.1) is 12.1 Å². The van der Waals surface area contributed by atoms with Crippen molar-refractivity contribution in [3.63, 3.8) is 0 Å². The van der Waals surface area contributed by atoms with E-state index in [4.69, 9.17) is 14.4 Å². The number of aromatic nitrogens is 1. The number of nitrogens with one attached hydrogen (secondary N) is 1. The Labute approximate surface area is 105 Å². The molecule has 0 aromatic carbocycles. The highest BCUT2D eigenvalue weighted by Crippen LogP contribution is 2.08. The molecule has 0 aliphatic heterocycles. The summed E-state index contributed by atoms with van der Waals surface area (Å²) in [4.78, 5) is 10.6. The Morgan fingerprint density at radius 1 is 1.67 bits per heavy atom. The molecule has 0 saturated carbocycles. The first-order valence-corrected chi connectivity index (χ1v) is 5.55. The van der Waals surface area contributed by atoms with Gasteiger partial charge in [0.25, 0.3) is 0 Å². The van der Waals surface area contributed by atoms with Gasteiger partial charge in [-0.25, -0.2) is 4.79 Å². The zero-order chi connectivity index (χ0) is 13.6. The van der Waals surface area contributed by atoms with E-state index in [1.165, 1.54) is 6.07 Å². The highest BCUT2D eigenvalue weighted by Gasteiger charge is 2.19. The van der Waals surface area contributed by atoms with E-state index in [0.29, 0.717) is 31.9 Å². The number of rotatable bonds is 8. The molecule has 0 aliphatic carbocycles. The molecule has 1 rings (SSSR count). The number of carbonyl (C=O) groups is 1. The van der Waals surface area contributed by atoms with Crippen molar-refractivity contribution < 1.29 is 24.3 Å². The molecule has 18 heavy (non-hydrogen) atoms. The van der Waals surface area contributed by atoms with E-state index in [1.807, 2.05) is 0 Å². The first-order valence-electron chi connectivity index (χ1n) is 5.55. The largest absolute Gasteiger partial charge is 0.476 e. The van der Waals surface area contributed by atoms with Crippen molar-refractivity contribution in [2.45, 2.75) is 25.5 Å². The SMILES string of the molecule is COCCC(C)(O)CNCc1cc(C(=O)O)no1. The molecule has 102 valence electrons. The monoisotopic (exact) mass is 258 g/mol. The van der Waals surface area contributed by atoms with Crippen LogP contribution in [0.2, 0.25) is 0 Å². The molecular formula is C11H18N2O5. The topological polar surface area (TPSA) is 105 Å². The van der Waals surface area contributed by atoms with Crippen LogP contribution >= 0.6 is 0 Å². The van der Waals surface area contributed by atoms with Gasteiger partial charge in [0.2, 0.25) is 0 Å². The number of aliphatic hydroxyl groups is 1. The van der Waals surface area contributed by atoms with Gasteiger partial charge in [0.15, 0.2) is 11.5 Å². The number of methoxy groups -OCH3 is 1. The fourth-order valence-corrected chi connectivity index (χ4v) is 1.36. The zero-order valence-corrected chi connectivity index (χ0v) is 10.5. The summed E-state index contributed by atoms with van der Waals surface area (Å²) < 4.78 is 9.71.